The molecule has 0 bridgehead atoms. The number of methoxy groups -OCH3 is 1. The summed E-state index contributed by atoms with van der Waals surface area (Å²) >= 11 is 3.40. The summed E-state index contributed by atoms with van der Waals surface area (Å²) in [6.07, 6.45) is 0.388. The van der Waals surface area contributed by atoms with Crippen LogP contribution in [-0.4, -0.2) is 43.0 Å². The fourth-order valence-corrected chi connectivity index (χ4v) is 3.97. The lowest BCUT2D eigenvalue weighted by molar-refractivity contribution is -0.142. The minimum absolute atomic E-state index is 0.186. The molecule has 1 N–H and O–H groups in total. The standard InChI is InChI=1S/C29H33BrN2O4/c1-21(2)18-31-29(34)27(17-22-8-5-4-6-9-22)32(19-23-10-7-11-26(16-23)35-3)28(33)20-36-25-14-12-24(30)13-15-25/h4-16,21,27H,17-20H2,1-3H3,(H,31,34)/t27-/m0/s1. The van der Waals surface area contributed by atoms with Crippen molar-refractivity contribution >= 4 is 27.7 Å². The summed E-state index contributed by atoms with van der Waals surface area (Å²) in [5, 5.41) is 3.02. The molecule has 0 saturated heterocycles. The fraction of sp³-hybridized carbons (Fsp3) is 0.310. The molecule has 0 saturated carbocycles. The third kappa shape index (κ3) is 8.41. The van der Waals surface area contributed by atoms with Crippen molar-refractivity contribution < 1.29 is 19.1 Å². The summed E-state index contributed by atoms with van der Waals surface area (Å²) in [6, 6.07) is 23.8. The predicted octanol–water partition coefficient (Wildman–Crippen LogP) is 5.25. The monoisotopic (exact) mass is 552 g/mol. The summed E-state index contributed by atoms with van der Waals surface area (Å²) in [7, 11) is 1.60. The topological polar surface area (TPSA) is 67.9 Å². The molecule has 0 aliphatic carbocycles. The Morgan fingerprint density at radius 2 is 1.61 bits per heavy atom. The van der Waals surface area contributed by atoms with Gasteiger partial charge >= 0.3 is 0 Å². The molecule has 0 aromatic heterocycles. The van der Waals surface area contributed by atoms with Crippen molar-refractivity contribution in [3.63, 3.8) is 0 Å². The minimum atomic E-state index is -0.710. The van der Waals surface area contributed by atoms with Gasteiger partial charge in [0, 0.05) is 24.0 Å². The number of hydrogen-bond donors (Lipinski definition) is 1. The van der Waals surface area contributed by atoms with Crippen LogP contribution in [0, 0.1) is 5.92 Å². The van der Waals surface area contributed by atoms with Crippen LogP contribution in [0.15, 0.2) is 83.3 Å². The van der Waals surface area contributed by atoms with Crippen molar-refractivity contribution in [2.75, 3.05) is 20.3 Å². The first-order valence-corrected chi connectivity index (χ1v) is 12.8. The summed E-state index contributed by atoms with van der Waals surface area (Å²) in [6.45, 7) is 4.66. The quantitative estimate of drug-likeness (QED) is 0.333. The second-order valence-electron chi connectivity index (χ2n) is 8.96. The maximum absolute atomic E-state index is 13.6. The van der Waals surface area contributed by atoms with E-state index in [0.29, 0.717) is 24.5 Å². The van der Waals surface area contributed by atoms with E-state index in [2.05, 4.69) is 21.2 Å². The number of carbonyl (C=O) groups excluding carboxylic acids is 2. The zero-order valence-electron chi connectivity index (χ0n) is 20.9. The number of ether oxygens (including phenoxy) is 2. The number of nitrogens with zero attached hydrogens (tertiary/aromatic N) is 1. The van der Waals surface area contributed by atoms with Crippen molar-refractivity contribution in [1.82, 2.24) is 10.2 Å². The molecule has 36 heavy (non-hydrogen) atoms. The van der Waals surface area contributed by atoms with Gasteiger partial charge in [-0.15, -0.1) is 0 Å². The zero-order chi connectivity index (χ0) is 25.9. The SMILES string of the molecule is COc1cccc(CN(C(=O)COc2ccc(Br)cc2)[C@@H](Cc2ccccc2)C(=O)NCC(C)C)c1. The van der Waals surface area contributed by atoms with Crippen molar-refractivity contribution in [2.45, 2.75) is 32.9 Å². The molecule has 0 radical (unpaired) electrons. The van der Waals surface area contributed by atoms with Gasteiger partial charge in [-0.25, -0.2) is 0 Å². The third-order valence-corrected chi connectivity index (χ3v) is 6.15. The largest absolute Gasteiger partial charge is 0.497 e. The van der Waals surface area contributed by atoms with Gasteiger partial charge in [-0.05, 0) is 53.4 Å². The second kappa shape index (κ2) is 13.7. The molecule has 2 amide bonds. The average molecular weight is 553 g/mol. The van der Waals surface area contributed by atoms with E-state index in [-0.39, 0.29) is 30.9 Å². The maximum atomic E-state index is 13.6. The predicted molar refractivity (Wildman–Crippen MR) is 145 cm³/mol. The molecule has 0 aliphatic heterocycles. The summed E-state index contributed by atoms with van der Waals surface area (Å²) in [5.74, 6) is 1.09. The van der Waals surface area contributed by atoms with Crippen molar-refractivity contribution in [3.8, 4) is 11.5 Å². The van der Waals surface area contributed by atoms with Crippen molar-refractivity contribution in [1.29, 1.82) is 0 Å². The number of hydrogen-bond acceptors (Lipinski definition) is 4. The molecular weight excluding hydrogens is 520 g/mol. The Morgan fingerprint density at radius 3 is 2.28 bits per heavy atom. The Kier molecular flexibility index (Phi) is 10.4. The fourth-order valence-electron chi connectivity index (χ4n) is 3.70. The molecule has 3 aromatic rings. The zero-order valence-corrected chi connectivity index (χ0v) is 22.5. The summed E-state index contributed by atoms with van der Waals surface area (Å²) in [5.41, 5.74) is 1.83. The van der Waals surface area contributed by atoms with Crippen LogP contribution in [0.25, 0.3) is 0 Å². The Balaban J connectivity index is 1.90. The van der Waals surface area contributed by atoms with Gasteiger partial charge in [0.05, 0.1) is 7.11 Å². The van der Waals surface area contributed by atoms with Gasteiger partial charge in [0.25, 0.3) is 5.91 Å². The number of rotatable bonds is 12. The van der Waals surface area contributed by atoms with Crippen LogP contribution in [0.5, 0.6) is 11.5 Å². The molecule has 7 heteroatoms. The lowest BCUT2D eigenvalue weighted by Crippen LogP contribution is -2.52. The molecule has 0 heterocycles. The average Bonchev–Trinajstić information content (AvgIpc) is 2.89. The van der Waals surface area contributed by atoms with E-state index in [1.54, 1.807) is 24.1 Å². The van der Waals surface area contributed by atoms with Gasteiger partial charge in [-0.3, -0.25) is 9.59 Å². The van der Waals surface area contributed by atoms with Crippen molar-refractivity contribution in [3.05, 3.63) is 94.5 Å². The number of benzene rings is 3. The lowest BCUT2D eigenvalue weighted by atomic mass is 10.0. The lowest BCUT2D eigenvalue weighted by Gasteiger charge is -2.31. The van der Waals surface area contributed by atoms with Crippen LogP contribution in [0.4, 0.5) is 0 Å². The van der Waals surface area contributed by atoms with Gasteiger partial charge in [-0.1, -0.05) is 72.2 Å². The molecule has 0 fully saturated rings. The van der Waals surface area contributed by atoms with Crippen LogP contribution in [-0.2, 0) is 22.6 Å². The third-order valence-electron chi connectivity index (χ3n) is 5.62. The van der Waals surface area contributed by atoms with Crippen LogP contribution >= 0.6 is 15.9 Å². The van der Waals surface area contributed by atoms with Crippen LogP contribution < -0.4 is 14.8 Å². The van der Waals surface area contributed by atoms with Crippen LogP contribution in [0.2, 0.25) is 0 Å². The van der Waals surface area contributed by atoms with E-state index in [1.165, 1.54) is 0 Å². The number of amides is 2. The first-order valence-electron chi connectivity index (χ1n) is 12.0. The first-order chi connectivity index (χ1) is 17.4. The van der Waals surface area contributed by atoms with Crippen LogP contribution in [0.3, 0.4) is 0 Å². The molecule has 3 aromatic carbocycles. The number of halogens is 1. The number of nitrogens with one attached hydrogen (secondary N) is 1. The highest BCUT2D eigenvalue weighted by Crippen LogP contribution is 2.20. The second-order valence-corrected chi connectivity index (χ2v) is 9.88. The van der Waals surface area contributed by atoms with E-state index in [0.717, 1.165) is 15.6 Å². The van der Waals surface area contributed by atoms with Gasteiger partial charge in [0.15, 0.2) is 6.61 Å². The van der Waals surface area contributed by atoms with E-state index in [9.17, 15) is 9.59 Å². The Hall–Kier alpha value is -3.32. The molecule has 3 rings (SSSR count). The maximum Gasteiger partial charge on any atom is 0.261 e. The Labute approximate surface area is 221 Å². The van der Waals surface area contributed by atoms with E-state index >= 15 is 0 Å². The summed E-state index contributed by atoms with van der Waals surface area (Å²) in [4.78, 5) is 28.7. The van der Waals surface area contributed by atoms with Crippen LogP contribution in [0.1, 0.15) is 25.0 Å². The highest BCUT2D eigenvalue weighted by molar-refractivity contribution is 9.10. The van der Waals surface area contributed by atoms with Gasteiger partial charge < -0.3 is 19.7 Å². The molecule has 0 unspecified atom stereocenters. The number of carbonyl (C=O) groups is 2. The van der Waals surface area contributed by atoms with Gasteiger partial charge in [0.1, 0.15) is 17.5 Å². The highest BCUT2D eigenvalue weighted by Gasteiger charge is 2.30. The van der Waals surface area contributed by atoms with E-state index in [1.807, 2.05) is 80.6 Å². The van der Waals surface area contributed by atoms with Crippen molar-refractivity contribution in [2.24, 2.45) is 5.92 Å². The molecular formula is C29H33BrN2O4. The Morgan fingerprint density at radius 1 is 0.917 bits per heavy atom. The Bertz CT molecular complexity index is 1120. The van der Waals surface area contributed by atoms with Gasteiger partial charge in [0.2, 0.25) is 5.91 Å². The highest BCUT2D eigenvalue weighted by atomic mass is 79.9. The first kappa shape index (κ1) is 27.3. The molecule has 1 atom stereocenters. The normalized spacial score (nSPS) is 11.6. The minimum Gasteiger partial charge on any atom is -0.497 e. The summed E-state index contributed by atoms with van der Waals surface area (Å²) < 4.78 is 12.1. The van der Waals surface area contributed by atoms with E-state index in [4.69, 9.17) is 9.47 Å². The van der Waals surface area contributed by atoms with E-state index < -0.39 is 6.04 Å². The molecule has 0 spiro atoms. The van der Waals surface area contributed by atoms with Gasteiger partial charge in [-0.2, -0.15) is 0 Å². The molecule has 6 nitrogen and oxygen atoms in total. The molecule has 190 valence electrons. The molecule has 0 aliphatic rings. The smallest absolute Gasteiger partial charge is 0.261 e.